The minimum Gasteiger partial charge on any atom is -0.746 e. The minimum absolute atomic E-state index is 0. The number of likely N-dealkylation sites (N-methyl/N-ethyl adjacent to an activating group) is 1. The Hall–Kier alpha value is -1.20. The van der Waals surface area contributed by atoms with Gasteiger partial charge in [0, 0.05) is 25.2 Å². The summed E-state index contributed by atoms with van der Waals surface area (Å²) < 4.78 is 33.4. The average Bonchev–Trinajstić information content (AvgIpc) is 2.63. The van der Waals surface area contributed by atoms with Crippen LogP contribution in [0.4, 0.5) is 4.79 Å². The molecule has 0 aromatic rings. The van der Waals surface area contributed by atoms with Crippen molar-refractivity contribution in [2.45, 2.75) is 11.8 Å². The predicted molar refractivity (Wildman–Crippen MR) is 67.2 cm³/mol. The van der Waals surface area contributed by atoms with Crippen molar-refractivity contribution in [3.8, 4) is 0 Å². The Kier molecular flexibility index (Phi) is 5.34. The van der Waals surface area contributed by atoms with Crippen LogP contribution in [-0.4, -0.2) is 47.8 Å². The first-order valence-electron chi connectivity index (χ1n) is 5.48. The second-order valence-corrected chi connectivity index (χ2v) is 5.83. The molecule has 1 heterocycles. The number of carbonyl (C=O) groups is 2. The fourth-order valence-corrected chi connectivity index (χ4v) is 2.96. The number of nitrogens with zero attached hydrogens (tertiary/aromatic N) is 2. The van der Waals surface area contributed by atoms with Crippen molar-refractivity contribution >= 4 is 27.6 Å². The summed E-state index contributed by atoms with van der Waals surface area (Å²) in [5, 5.41) is 2.26. The predicted octanol–water partition coefficient (Wildman–Crippen LogP) is -4.39. The fraction of sp³-hybridized carbons (Fsp3) is 0.300. The number of ketones is 1. The van der Waals surface area contributed by atoms with E-state index in [1.807, 2.05) is 5.43 Å². The molecule has 0 bridgehead atoms. The van der Waals surface area contributed by atoms with Gasteiger partial charge in [0.25, 0.3) is 0 Å². The van der Waals surface area contributed by atoms with Crippen LogP contribution in [0.25, 0.3) is 0 Å². The van der Waals surface area contributed by atoms with Crippen LogP contribution in [0, 0.1) is 0 Å². The van der Waals surface area contributed by atoms with Gasteiger partial charge in [-0.05, 0) is 11.6 Å². The van der Waals surface area contributed by atoms with Gasteiger partial charge >= 0.3 is 35.6 Å². The van der Waals surface area contributed by atoms with E-state index in [1.165, 1.54) is 24.1 Å². The molecule has 0 radical (unpaired) electrons. The molecule has 1 atom stereocenters. The zero-order valence-corrected chi connectivity index (χ0v) is 14.2. The number of amides is 2. The SMILES string of the molecule is CN1C2=CC(=O)C(=NNC(N)=O)C=C2CC1S(=O)(=O)[O-].[Na+]. The van der Waals surface area contributed by atoms with Gasteiger partial charge < -0.3 is 15.2 Å². The van der Waals surface area contributed by atoms with E-state index in [1.54, 1.807) is 0 Å². The van der Waals surface area contributed by atoms with Crippen LogP contribution in [-0.2, 0) is 14.9 Å². The monoisotopic (exact) mass is 322 g/mol. The Bertz CT molecular complexity index is 682. The molecule has 1 fully saturated rings. The molecule has 0 aromatic carbocycles. The molecule has 0 saturated carbocycles. The number of nitrogens with one attached hydrogen (secondary N) is 1. The molecular weight excluding hydrogens is 311 g/mol. The summed E-state index contributed by atoms with van der Waals surface area (Å²) in [4.78, 5) is 23.5. The van der Waals surface area contributed by atoms with E-state index >= 15 is 0 Å². The topological polar surface area (TPSA) is 145 Å². The Balaban J connectivity index is 0.00000220. The largest absolute Gasteiger partial charge is 1.00 e. The van der Waals surface area contributed by atoms with E-state index in [0.29, 0.717) is 11.3 Å². The summed E-state index contributed by atoms with van der Waals surface area (Å²) in [6, 6.07) is -0.929. The first-order valence-corrected chi connectivity index (χ1v) is 6.95. The molecule has 1 unspecified atom stereocenters. The van der Waals surface area contributed by atoms with Gasteiger partial charge in [0.1, 0.15) is 21.2 Å². The number of primary amides is 1. The summed E-state index contributed by atoms with van der Waals surface area (Å²) >= 11 is 0. The average molecular weight is 322 g/mol. The van der Waals surface area contributed by atoms with Crippen molar-refractivity contribution in [2.75, 3.05) is 7.05 Å². The molecular formula is C10H11N4NaO5S. The molecule has 2 rings (SSSR count). The van der Waals surface area contributed by atoms with Crippen LogP contribution >= 0.6 is 0 Å². The number of likely N-dealkylation sites (tertiary alicyclic amines) is 1. The quantitative estimate of drug-likeness (QED) is 0.227. The van der Waals surface area contributed by atoms with Crippen molar-refractivity contribution in [1.82, 2.24) is 10.3 Å². The maximum atomic E-state index is 11.8. The molecule has 0 aromatic heterocycles. The van der Waals surface area contributed by atoms with Gasteiger partial charge in [-0.3, -0.25) is 4.79 Å². The number of hydrogen-bond acceptors (Lipinski definition) is 7. The summed E-state index contributed by atoms with van der Waals surface area (Å²) in [7, 11) is -3.10. The Labute approximate surface area is 143 Å². The summed E-state index contributed by atoms with van der Waals surface area (Å²) in [5.74, 6) is -0.520. The maximum Gasteiger partial charge on any atom is 1.00 e. The second kappa shape index (κ2) is 6.28. The fourth-order valence-electron chi connectivity index (χ4n) is 2.07. The van der Waals surface area contributed by atoms with Crippen LogP contribution in [0.15, 0.2) is 28.5 Å². The van der Waals surface area contributed by atoms with Crippen molar-refractivity contribution < 1.29 is 52.1 Å². The number of hydrazone groups is 1. The molecule has 1 aliphatic carbocycles. The van der Waals surface area contributed by atoms with Gasteiger partial charge in [0.2, 0.25) is 5.78 Å². The molecule has 1 aliphatic heterocycles. The third-order valence-corrected chi connectivity index (χ3v) is 4.14. The number of fused-ring (bicyclic) bond motifs is 1. The third-order valence-electron chi connectivity index (χ3n) is 2.99. The number of hydrogen-bond donors (Lipinski definition) is 2. The van der Waals surface area contributed by atoms with Gasteiger partial charge in [0.15, 0.2) is 0 Å². The van der Waals surface area contributed by atoms with Crippen LogP contribution < -0.4 is 40.7 Å². The molecule has 2 amide bonds. The number of rotatable bonds is 2. The number of urea groups is 1. The van der Waals surface area contributed by atoms with Gasteiger partial charge in [-0.2, -0.15) is 5.10 Å². The molecule has 0 spiro atoms. The van der Waals surface area contributed by atoms with E-state index in [9.17, 15) is 22.6 Å². The Morgan fingerprint density at radius 2 is 2.14 bits per heavy atom. The van der Waals surface area contributed by atoms with E-state index in [4.69, 9.17) is 5.73 Å². The van der Waals surface area contributed by atoms with Crippen molar-refractivity contribution in [3.05, 3.63) is 23.4 Å². The van der Waals surface area contributed by atoms with Gasteiger partial charge in [-0.25, -0.2) is 18.6 Å². The van der Waals surface area contributed by atoms with Crippen LogP contribution in [0.3, 0.4) is 0 Å². The molecule has 21 heavy (non-hydrogen) atoms. The molecule has 108 valence electrons. The molecule has 9 nitrogen and oxygen atoms in total. The second-order valence-electron chi connectivity index (χ2n) is 4.30. The normalized spacial score (nSPS) is 23.1. The number of nitrogens with two attached hydrogens (primary N) is 1. The van der Waals surface area contributed by atoms with Gasteiger partial charge in [-0.15, -0.1) is 0 Å². The van der Waals surface area contributed by atoms with Crippen molar-refractivity contribution in [1.29, 1.82) is 0 Å². The standard InChI is InChI=1S/C10H12N4O5S.Na/c1-14-7-4-8(15)6(12-13-10(11)16)2-5(7)3-9(14)20(17,18)19;/h2,4,9H,3H2,1H3,(H3,11,13,16)(H,17,18,19);/q;+1/p-1. The zero-order chi connectivity index (χ0) is 15.1. The molecule has 1 saturated heterocycles. The molecule has 11 heteroatoms. The van der Waals surface area contributed by atoms with Crippen LogP contribution in [0.2, 0.25) is 0 Å². The van der Waals surface area contributed by atoms with E-state index < -0.39 is 27.3 Å². The first kappa shape index (κ1) is 17.9. The van der Waals surface area contributed by atoms with E-state index in [-0.39, 0.29) is 41.7 Å². The number of allylic oxidation sites excluding steroid dienone is 3. The zero-order valence-electron chi connectivity index (χ0n) is 11.4. The van der Waals surface area contributed by atoms with E-state index in [2.05, 4.69) is 5.10 Å². The first-order chi connectivity index (χ1) is 9.20. The summed E-state index contributed by atoms with van der Waals surface area (Å²) in [6.07, 6.45) is 2.45. The minimum atomic E-state index is -4.52. The van der Waals surface area contributed by atoms with Crippen molar-refractivity contribution in [2.24, 2.45) is 10.8 Å². The van der Waals surface area contributed by atoms with Crippen LogP contribution in [0.1, 0.15) is 6.42 Å². The maximum absolute atomic E-state index is 11.8. The summed E-state index contributed by atoms with van der Waals surface area (Å²) in [5.41, 5.74) is 7.51. The van der Waals surface area contributed by atoms with Crippen molar-refractivity contribution in [3.63, 3.8) is 0 Å². The van der Waals surface area contributed by atoms with Crippen LogP contribution in [0.5, 0.6) is 0 Å². The number of carbonyl (C=O) groups excluding carboxylic acids is 2. The van der Waals surface area contributed by atoms with Gasteiger partial charge in [0.05, 0.1) is 0 Å². The summed E-state index contributed by atoms with van der Waals surface area (Å²) in [6.45, 7) is 0. The molecule has 3 N–H and O–H groups in total. The third kappa shape index (κ3) is 3.71. The Morgan fingerprint density at radius 3 is 2.67 bits per heavy atom. The molecule has 2 aliphatic rings. The Morgan fingerprint density at radius 1 is 1.52 bits per heavy atom. The van der Waals surface area contributed by atoms with E-state index in [0.717, 1.165) is 0 Å². The smallest absolute Gasteiger partial charge is 0.746 e. The van der Waals surface area contributed by atoms with Gasteiger partial charge in [-0.1, -0.05) is 0 Å².